The van der Waals surface area contributed by atoms with Gasteiger partial charge in [-0.3, -0.25) is 4.94 Å². The molecule has 0 bridgehead atoms. The lowest BCUT2D eigenvalue weighted by molar-refractivity contribution is -0.185. The quantitative estimate of drug-likeness (QED) is 0.765. The number of carbonyl (C=O) groups excluding carboxylic acids is 1. The van der Waals surface area contributed by atoms with Crippen LogP contribution in [0.25, 0.3) is 0 Å². The molecule has 0 saturated carbocycles. The van der Waals surface area contributed by atoms with E-state index in [2.05, 4.69) is 4.94 Å². The van der Waals surface area contributed by atoms with Gasteiger partial charge in [0.1, 0.15) is 0 Å². The number of nitrogens with zero attached hydrogens (tertiary/aromatic N) is 1. The van der Waals surface area contributed by atoms with Gasteiger partial charge >= 0.3 is 5.97 Å². The highest BCUT2D eigenvalue weighted by Gasteiger charge is 2.21. The number of hydrogen-bond acceptors (Lipinski definition) is 3. The minimum atomic E-state index is -0.924. The second kappa shape index (κ2) is 5.11. The molecule has 1 aromatic rings. The first-order valence-electron chi connectivity index (χ1n) is 4.55. The molecular weight excluding hydrogens is 197 g/mol. The first kappa shape index (κ1) is 11.2. The summed E-state index contributed by atoms with van der Waals surface area (Å²) in [7, 11) is 0. The Labute approximate surface area is 87.0 Å². The molecular formula is C11H10FNO2. The summed E-state index contributed by atoms with van der Waals surface area (Å²) in [6, 6.07) is 8.47. The van der Waals surface area contributed by atoms with Crippen LogP contribution in [0.2, 0.25) is 0 Å². The van der Waals surface area contributed by atoms with Crippen LogP contribution < -0.4 is 0 Å². The summed E-state index contributed by atoms with van der Waals surface area (Å²) in [6.45, 7) is 1.75. The van der Waals surface area contributed by atoms with Crippen LogP contribution in [0.1, 0.15) is 30.4 Å². The van der Waals surface area contributed by atoms with Gasteiger partial charge in [0, 0.05) is 4.53 Å². The Morgan fingerprint density at radius 1 is 1.67 bits per heavy atom. The van der Waals surface area contributed by atoms with E-state index < -0.39 is 11.9 Å². The molecule has 0 amide bonds. The molecule has 0 aliphatic carbocycles. The maximum Gasteiger partial charge on any atom is 0.356 e. The molecule has 0 N–H and O–H groups in total. The molecule has 0 spiro atoms. The molecule has 0 aliphatic rings. The minimum absolute atomic E-state index is 0.428. The second-order valence-corrected chi connectivity index (χ2v) is 3.09. The van der Waals surface area contributed by atoms with E-state index in [1.807, 2.05) is 6.07 Å². The molecule has 1 rings (SSSR count). The van der Waals surface area contributed by atoms with Crippen molar-refractivity contribution in [3.8, 4) is 6.07 Å². The lowest BCUT2D eigenvalue weighted by Gasteiger charge is -2.10. The molecule has 0 aromatic heterocycles. The summed E-state index contributed by atoms with van der Waals surface area (Å²) in [5, 5.41) is 8.67. The summed E-state index contributed by atoms with van der Waals surface area (Å²) in [4.78, 5) is 14.3. The lowest BCUT2D eigenvalue weighted by Crippen LogP contribution is -2.11. The summed E-state index contributed by atoms with van der Waals surface area (Å²) < 4.78 is 11.8. The Balaban J connectivity index is 3.02. The summed E-state index contributed by atoms with van der Waals surface area (Å²) >= 11 is 0. The Hall–Kier alpha value is -1.89. The van der Waals surface area contributed by atoms with Crippen LogP contribution in [0.3, 0.4) is 0 Å². The number of halogens is 1. The van der Waals surface area contributed by atoms with E-state index in [1.165, 1.54) is 0 Å². The van der Waals surface area contributed by atoms with Gasteiger partial charge in [-0.05, 0) is 24.1 Å². The van der Waals surface area contributed by atoms with Crippen LogP contribution in [0.15, 0.2) is 24.3 Å². The van der Waals surface area contributed by atoms with Gasteiger partial charge in [-0.1, -0.05) is 19.1 Å². The maximum atomic E-state index is 11.8. The Morgan fingerprint density at radius 3 is 2.93 bits per heavy atom. The molecule has 0 aliphatic heterocycles. The molecule has 1 atom stereocenters. The predicted molar refractivity (Wildman–Crippen MR) is 51.4 cm³/mol. The van der Waals surface area contributed by atoms with Crippen molar-refractivity contribution in [3.63, 3.8) is 0 Å². The van der Waals surface area contributed by atoms with Crippen molar-refractivity contribution >= 4 is 5.97 Å². The van der Waals surface area contributed by atoms with Crippen molar-refractivity contribution in [2.24, 2.45) is 0 Å². The van der Waals surface area contributed by atoms with Crippen LogP contribution >= 0.6 is 0 Å². The molecule has 3 nitrogen and oxygen atoms in total. The average molecular weight is 207 g/mol. The zero-order valence-electron chi connectivity index (χ0n) is 8.24. The molecule has 78 valence electrons. The maximum absolute atomic E-state index is 11.8. The Morgan fingerprint density at radius 2 is 2.40 bits per heavy atom. The van der Waals surface area contributed by atoms with Crippen LogP contribution in [0.5, 0.6) is 0 Å². The average Bonchev–Trinajstić information content (AvgIpc) is 2.30. The van der Waals surface area contributed by atoms with Crippen LogP contribution in [-0.2, 0) is 9.74 Å². The summed E-state index contributed by atoms with van der Waals surface area (Å²) in [5.74, 6) is -1.57. The lowest BCUT2D eigenvalue weighted by atomic mass is 9.95. The number of carbonyl (C=O) groups is 1. The monoisotopic (exact) mass is 207 g/mol. The molecule has 1 aromatic carbocycles. The third-order valence-electron chi connectivity index (χ3n) is 2.19. The highest BCUT2D eigenvalue weighted by molar-refractivity contribution is 5.77. The van der Waals surface area contributed by atoms with E-state index in [0.717, 1.165) is 0 Å². The fraction of sp³-hybridized carbons (Fsp3) is 0.273. The molecule has 0 saturated heterocycles. The molecule has 4 heteroatoms. The van der Waals surface area contributed by atoms with Crippen molar-refractivity contribution in [1.29, 1.82) is 5.26 Å². The van der Waals surface area contributed by atoms with Crippen molar-refractivity contribution < 1.29 is 14.3 Å². The Bertz CT molecular complexity index is 398. The van der Waals surface area contributed by atoms with Gasteiger partial charge in [-0.2, -0.15) is 5.26 Å². The van der Waals surface area contributed by atoms with E-state index in [4.69, 9.17) is 5.26 Å². The van der Waals surface area contributed by atoms with Crippen molar-refractivity contribution in [2.45, 2.75) is 19.3 Å². The fourth-order valence-corrected chi connectivity index (χ4v) is 1.42. The standard InChI is InChI=1S/C11H10FNO2/c1-2-10(11(14)15-12)9-5-3-4-8(6-9)7-13/h3-6,10H,2H2,1H3. The van der Waals surface area contributed by atoms with Crippen LogP contribution in [0, 0.1) is 11.3 Å². The normalized spacial score (nSPS) is 11.5. The minimum Gasteiger partial charge on any atom is -0.254 e. The topological polar surface area (TPSA) is 50.1 Å². The third-order valence-corrected chi connectivity index (χ3v) is 2.19. The van der Waals surface area contributed by atoms with Crippen molar-refractivity contribution in [1.82, 2.24) is 0 Å². The van der Waals surface area contributed by atoms with Gasteiger partial charge in [0.25, 0.3) is 0 Å². The number of rotatable bonds is 3. The number of nitriles is 1. The van der Waals surface area contributed by atoms with Gasteiger partial charge in [-0.15, -0.1) is 0 Å². The van der Waals surface area contributed by atoms with Crippen molar-refractivity contribution in [3.05, 3.63) is 35.4 Å². The largest absolute Gasteiger partial charge is 0.356 e. The first-order valence-corrected chi connectivity index (χ1v) is 4.55. The first-order chi connectivity index (χ1) is 7.22. The van der Waals surface area contributed by atoms with Gasteiger partial charge < -0.3 is 0 Å². The van der Waals surface area contributed by atoms with Crippen LogP contribution in [0.4, 0.5) is 4.53 Å². The number of benzene rings is 1. The second-order valence-electron chi connectivity index (χ2n) is 3.09. The fourth-order valence-electron chi connectivity index (χ4n) is 1.42. The molecule has 0 radical (unpaired) electrons. The van der Waals surface area contributed by atoms with E-state index >= 15 is 0 Å². The smallest absolute Gasteiger partial charge is 0.254 e. The highest BCUT2D eigenvalue weighted by Crippen LogP contribution is 2.22. The zero-order valence-corrected chi connectivity index (χ0v) is 8.24. The van der Waals surface area contributed by atoms with E-state index in [0.29, 0.717) is 17.5 Å². The van der Waals surface area contributed by atoms with Gasteiger partial charge in [0.2, 0.25) is 0 Å². The van der Waals surface area contributed by atoms with E-state index in [-0.39, 0.29) is 0 Å². The third kappa shape index (κ3) is 2.53. The summed E-state index contributed by atoms with van der Waals surface area (Å²) in [6.07, 6.45) is 0.428. The SMILES string of the molecule is CCC(C(=O)OF)c1cccc(C#N)c1. The van der Waals surface area contributed by atoms with Gasteiger partial charge in [-0.25, -0.2) is 4.79 Å². The molecule has 0 fully saturated rings. The zero-order chi connectivity index (χ0) is 11.3. The Kier molecular flexibility index (Phi) is 3.81. The molecule has 15 heavy (non-hydrogen) atoms. The summed E-state index contributed by atoms with van der Waals surface area (Å²) in [5.41, 5.74) is 1.04. The molecule has 1 unspecified atom stereocenters. The number of hydrogen-bond donors (Lipinski definition) is 0. The van der Waals surface area contributed by atoms with Gasteiger partial charge in [0.05, 0.1) is 17.6 Å². The predicted octanol–water partition coefficient (Wildman–Crippen LogP) is 2.48. The van der Waals surface area contributed by atoms with Gasteiger partial charge in [0.15, 0.2) is 0 Å². The van der Waals surface area contributed by atoms with Crippen LogP contribution in [-0.4, -0.2) is 5.97 Å². The van der Waals surface area contributed by atoms with E-state index in [1.54, 1.807) is 31.2 Å². The van der Waals surface area contributed by atoms with E-state index in [9.17, 15) is 9.32 Å². The molecule has 0 heterocycles. The highest BCUT2D eigenvalue weighted by atomic mass is 19.3. The van der Waals surface area contributed by atoms with Crippen molar-refractivity contribution in [2.75, 3.05) is 0 Å².